The molecule has 1 aliphatic rings. The van der Waals surface area contributed by atoms with Gasteiger partial charge >= 0.3 is 6.18 Å². The topological polar surface area (TPSA) is 55.0 Å². The first kappa shape index (κ1) is 13.6. The molecule has 0 unspecified atom stereocenters. The van der Waals surface area contributed by atoms with Crippen molar-refractivity contribution in [2.45, 2.75) is 31.5 Å². The zero-order chi connectivity index (χ0) is 14.3. The average molecular weight is 304 g/mol. The highest BCUT2D eigenvalue weighted by molar-refractivity contribution is 7.16. The fraction of sp³-hybridized carbons (Fsp3) is 0.500. The van der Waals surface area contributed by atoms with E-state index in [0.29, 0.717) is 16.1 Å². The van der Waals surface area contributed by atoms with Crippen LogP contribution in [0.5, 0.6) is 0 Å². The Morgan fingerprint density at radius 3 is 2.85 bits per heavy atom. The number of nitrogens with one attached hydrogen (secondary N) is 1. The van der Waals surface area contributed by atoms with E-state index in [9.17, 15) is 18.0 Å². The second kappa shape index (κ2) is 4.85. The summed E-state index contributed by atoms with van der Waals surface area (Å²) in [6, 6.07) is 0. The van der Waals surface area contributed by atoms with Crippen LogP contribution in [0.2, 0.25) is 0 Å². The van der Waals surface area contributed by atoms with Gasteiger partial charge in [0.05, 0.1) is 5.39 Å². The molecule has 108 valence electrons. The van der Waals surface area contributed by atoms with Crippen LogP contribution in [0.1, 0.15) is 30.1 Å². The summed E-state index contributed by atoms with van der Waals surface area (Å²) in [7, 11) is 0. The number of hydrogen-bond acceptors (Lipinski definition) is 4. The van der Waals surface area contributed by atoms with E-state index in [1.165, 1.54) is 11.3 Å². The van der Waals surface area contributed by atoms with Crippen molar-refractivity contribution in [3.05, 3.63) is 27.1 Å². The molecule has 0 bridgehead atoms. The molecule has 2 heterocycles. The van der Waals surface area contributed by atoms with E-state index in [-0.39, 0.29) is 18.0 Å². The van der Waals surface area contributed by atoms with Gasteiger partial charge in [-0.3, -0.25) is 4.79 Å². The van der Waals surface area contributed by atoms with Crippen molar-refractivity contribution in [1.29, 1.82) is 0 Å². The maximum atomic E-state index is 12.0. The zero-order valence-corrected chi connectivity index (χ0v) is 11.1. The van der Waals surface area contributed by atoms with Gasteiger partial charge in [0, 0.05) is 0 Å². The van der Waals surface area contributed by atoms with E-state index in [0.717, 1.165) is 18.4 Å². The average Bonchev–Trinajstić information content (AvgIpc) is 3.08. The summed E-state index contributed by atoms with van der Waals surface area (Å²) in [5, 5.41) is 2.47. The van der Waals surface area contributed by atoms with E-state index in [4.69, 9.17) is 0 Å². The van der Waals surface area contributed by atoms with Gasteiger partial charge in [0.2, 0.25) is 0 Å². The summed E-state index contributed by atoms with van der Waals surface area (Å²) in [5.41, 5.74) is 0.699. The number of thiophene rings is 1. The summed E-state index contributed by atoms with van der Waals surface area (Å²) < 4.78 is 40.4. The van der Waals surface area contributed by atoms with Gasteiger partial charge in [-0.05, 0) is 29.7 Å². The minimum absolute atomic E-state index is 0.121. The van der Waals surface area contributed by atoms with Crippen LogP contribution in [0.3, 0.4) is 0 Å². The molecule has 0 saturated heterocycles. The van der Waals surface area contributed by atoms with Gasteiger partial charge in [0.1, 0.15) is 23.9 Å². The van der Waals surface area contributed by atoms with E-state index in [2.05, 4.69) is 14.7 Å². The Bertz CT molecular complexity index is 688. The van der Waals surface area contributed by atoms with Gasteiger partial charge in [0.15, 0.2) is 0 Å². The Morgan fingerprint density at radius 1 is 1.45 bits per heavy atom. The molecule has 0 spiro atoms. The minimum atomic E-state index is -4.38. The Labute approximate surface area is 115 Å². The summed E-state index contributed by atoms with van der Waals surface area (Å²) >= 11 is 1.34. The third kappa shape index (κ3) is 2.85. The summed E-state index contributed by atoms with van der Waals surface area (Å²) in [6.45, 7) is -1.71. The Hall–Kier alpha value is -1.41. The van der Waals surface area contributed by atoms with Crippen LogP contribution in [-0.2, 0) is 11.3 Å². The van der Waals surface area contributed by atoms with Crippen LogP contribution < -0.4 is 5.56 Å². The van der Waals surface area contributed by atoms with Gasteiger partial charge in [-0.15, -0.1) is 11.3 Å². The third-order valence-electron chi connectivity index (χ3n) is 3.04. The Kier molecular flexibility index (Phi) is 3.29. The lowest BCUT2D eigenvalue weighted by Gasteiger charge is -2.07. The summed E-state index contributed by atoms with van der Waals surface area (Å²) in [5.74, 6) is 0.551. The number of ether oxygens (including phenoxy) is 1. The second-order valence-electron chi connectivity index (χ2n) is 4.77. The molecule has 1 N–H and O–H groups in total. The van der Waals surface area contributed by atoms with Crippen molar-refractivity contribution in [1.82, 2.24) is 9.97 Å². The maximum absolute atomic E-state index is 12.0. The normalized spacial score (nSPS) is 15.9. The Balaban J connectivity index is 1.82. The monoisotopic (exact) mass is 304 g/mol. The van der Waals surface area contributed by atoms with Crippen molar-refractivity contribution in [2.24, 2.45) is 0 Å². The van der Waals surface area contributed by atoms with E-state index < -0.39 is 12.8 Å². The molecular formula is C12H11F3N2O2S. The SMILES string of the molecule is O=c1[nH]c(COCC(F)(F)F)nc2scc(C3CC3)c12. The highest BCUT2D eigenvalue weighted by atomic mass is 32.1. The predicted octanol–water partition coefficient (Wildman–Crippen LogP) is 2.94. The molecule has 0 atom stereocenters. The van der Waals surface area contributed by atoms with Crippen LogP contribution in [0.4, 0.5) is 13.2 Å². The molecule has 20 heavy (non-hydrogen) atoms. The molecule has 0 radical (unpaired) electrons. The van der Waals surface area contributed by atoms with E-state index in [1.807, 2.05) is 5.38 Å². The Morgan fingerprint density at radius 2 is 2.20 bits per heavy atom. The summed E-state index contributed by atoms with van der Waals surface area (Å²) in [6.07, 6.45) is -2.24. The predicted molar refractivity (Wildman–Crippen MR) is 67.9 cm³/mol. The zero-order valence-electron chi connectivity index (χ0n) is 10.3. The van der Waals surface area contributed by atoms with Gasteiger partial charge in [0.25, 0.3) is 5.56 Å². The van der Waals surface area contributed by atoms with Gasteiger partial charge in [-0.25, -0.2) is 4.98 Å². The highest BCUT2D eigenvalue weighted by Gasteiger charge is 2.29. The largest absolute Gasteiger partial charge is 0.411 e. The molecule has 8 heteroatoms. The first-order chi connectivity index (χ1) is 9.44. The van der Waals surface area contributed by atoms with Crippen LogP contribution in [0, 0.1) is 0 Å². The lowest BCUT2D eigenvalue weighted by Crippen LogP contribution is -2.18. The number of fused-ring (bicyclic) bond motifs is 1. The van der Waals surface area contributed by atoms with Crippen molar-refractivity contribution in [2.75, 3.05) is 6.61 Å². The molecule has 3 rings (SSSR count). The van der Waals surface area contributed by atoms with Crippen LogP contribution in [0.25, 0.3) is 10.2 Å². The van der Waals surface area contributed by atoms with E-state index in [1.54, 1.807) is 0 Å². The van der Waals surface area contributed by atoms with Crippen LogP contribution in [0.15, 0.2) is 10.2 Å². The van der Waals surface area contributed by atoms with Crippen molar-refractivity contribution in [3.8, 4) is 0 Å². The van der Waals surface area contributed by atoms with Crippen LogP contribution >= 0.6 is 11.3 Å². The molecule has 0 aromatic carbocycles. The van der Waals surface area contributed by atoms with Crippen LogP contribution in [-0.4, -0.2) is 22.8 Å². The number of rotatable bonds is 4. The molecule has 0 aliphatic heterocycles. The molecule has 4 nitrogen and oxygen atoms in total. The first-order valence-electron chi connectivity index (χ1n) is 6.09. The lowest BCUT2D eigenvalue weighted by molar-refractivity contribution is -0.177. The van der Waals surface area contributed by atoms with Crippen molar-refractivity contribution < 1.29 is 17.9 Å². The fourth-order valence-electron chi connectivity index (χ4n) is 2.04. The van der Waals surface area contributed by atoms with Crippen molar-refractivity contribution >= 4 is 21.6 Å². The standard InChI is InChI=1S/C12H11F3N2O2S/c13-12(14,15)5-19-3-8-16-10(18)9-7(6-1-2-6)4-20-11(9)17-8/h4,6H,1-3,5H2,(H,16,17,18). The molecule has 2 aromatic heterocycles. The molecule has 2 aromatic rings. The molecule has 1 aliphatic carbocycles. The van der Waals surface area contributed by atoms with E-state index >= 15 is 0 Å². The number of alkyl halides is 3. The number of aromatic amines is 1. The quantitative estimate of drug-likeness (QED) is 0.945. The van der Waals surface area contributed by atoms with Gasteiger partial charge < -0.3 is 9.72 Å². The summed E-state index contributed by atoms with van der Waals surface area (Å²) in [4.78, 5) is 19.2. The van der Waals surface area contributed by atoms with Gasteiger partial charge in [-0.1, -0.05) is 0 Å². The molecule has 1 fully saturated rings. The number of aromatic nitrogens is 2. The fourth-order valence-corrected chi connectivity index (χ4v) is 3.08. The smallest absolute Gasteiger partial charge is 0.364 e. The number of H-pyrrole nitrogens is 1. The minimum Gasteiger partial charge on any atom is -0.364 e. The van der Waals surface area contributed by atoms with Crippen molar-refractivity contribution in [3.63, 3.8) is 0 Å². The number of hydrogen-bond donors (Lipinski definition) is 1. The molecular weight excluding hydrogens is 293 g/mol. The molecule has 0 amide bonds. The molecule has 1 saturated carbocycles. The number of nitrogens with zero attached hydrogens (tertiary/aromatic N) is 1. The highest BCUT2D eigenvalue weighted by Crippen LogP contribution is 2.43. The lowest BCUT2D eigenvalue weighted by atomic mass is 10.1. The van der Waals surface area contributed by atoms with Gasteiger partial charge in [-0.2, -0.15) is 13.2 Å². The maximum Gasteiger partial charge on any atom is 0.411 e. The second-order valence-corrected chi connectivity index (χ2v) is 5.62. The first-order valence-corrected chi connectivity index (χ1v) is 6.97. The third-order valence-corrected chi connectivity index (χ3v) is 3.93. The number of halogens is 3.